The van der Waals surface area contributed by atoms with E-state index in [-0.39, 0.29) is 29.1 Å². The van der Waals surface area contributed by atoms with E-state index in [1.807, 2.05) is 18.2 Å². The Bertz CT molecular complexity index is 1240. The van der Waals surface area contributed by atoms with Gasteiger partial charge < -0.3 is 10.1 Å². The lowest BCUT2D eigenvalue weighted by atomic mass is 9.93. The number of thiophene rings is 1. The summed E-state index contributed by atoms with van der Waals surface area (Å²) in [4.78, 5) is 16.5. The third-order valence-corrected chi connectivity index (χ3v) is 8.57. The lowest BCUT2D eigenvalue weighted by molar-refractivity contribution is -0.117. The molecule has 1 atom stereocenters. The number of methoxy groups -OCH3 is 1. The van der Waals surface area contributed by atoms with Crippen molar-refractivity contribution in [1.82, 2.24) is 9.21 Å². The smallest absolute Gasteiger partial charge is 0.246 e. The van der Waals surface area contributed by atoms with E-state index in [0.29, 0.717) is 5.69 Å². The molecular formula is C24H27N3O4S2. The van der Waals surface area contributed by atoms with Crippen molar-refractivity contribution in [3.05, 3.63) is 76.0 Å². The number of hydrogen-bond donors (Lipinski definition) is 1. The lowest BCUT2D eigenvalue weighted by Crippen LogP contribution is -2.40. The fourth-order valence-corrected chi connectivity index (χ4v) is 6.08. The van der Waals surface area contributed by atoms with Gasteiger partial charge in [0.1, 0.15) is 10.6 Å². The molecule has 4 rings (SSSR count). The third-order valence-electron chi connectivity index (χ3n) is 5.73. The van der Waals surface area contributed by atoms with Crippen LogP contribution < -0.4 is 10.1 Å². The summed E-state index contributed by atoms with van der Waals surface area (Å²) in [5.74, 6) is 0.0276. The van der Waals surface area contributed by atoms with Crippen molar-refractivity contribution in [1.29, 1.82) is 0 Å². The number of carbonyl (C=O) groups is 1. The maximum absolute atomic E-state index is 13.0. The summed E-state index contributed by atoms with van der Waals surface area (Å²) < 4.78 is 31.7. The Morgan fingerprint density at radius 2 is 1.94 bits per heavy atom. The average molecular weight is 486 g/mol. The van der Waals surface area contributed by atoms with Crippen LogP contribution >= 0.6 is 11.3 Å². The fraction of sp³-hybridized carbons (Fsp3) is 0.292. The van der Waals surface area contributed by atoms with Crippen molar-refractivity contribution in [3.8, 4) is 5.75 Å². The molecule has 7 nitrogen and oxygen atoms in total. The van der Waals surface area contributed by atoms with Crippen LogP contribution in [0, 0.1) is 0 Å². The number of rotatable bonds is 7. The number of carbonyl (C=O) groups excluding carboxylic acids is 1. The molecule has 1 amide bonds. The van der Waals surface area contributed by atoms with Gasteiger partial charge in [-0.3, -0.25) is 9.69 Å². The Kier molecular flexibility index (Phi) is 6.85. The Labute approximate surface area is 198 Å². The Balaban J connectivity index is 1.56. The minimum atomic E-state index is -3.73. The molecule has 0 bridgehead atoms. The van der Waals surface area contributed by atoms with Gasteiger partial charge in [0.15, 0.2) is 0 Å². The molecule has 0 radical (unpaired) electrons. The molecule has 2 aromatic carbocycles. The zero-order valence-electron chi connectivity index (χ0n) is 18.8. The van der Waals surface area contributed by atoms with E-state index < -0.39 is 10.0 Å². The van der Waals surface area contributed by atoms with Crippen molar-refractivity contribution in [2.24, 2.45) is 0 Å². The number of sulfonamides is 1. The van der Waals surface area contributed by atoms with Gasteiger partial charge in [0.25, 0.3) is 0 Å². The van der Waals surface area contributed by atoms with Gasteiger partial charge in [-0.25, -0.2) is 12.7 Å². The molecular weight excluding hydrogens is 458 g/mol. The van der Waals surface area contributed by atoms with Crippen molar-refractivity contribution in [2.45, 2.75) is 17.4 Å². The predicted molar refractivity (Wildman–Crippen MR) is 130 cm³/mol. The highest BCUT2D eigenvalue weighted by molar-refractivity contribution is 7.89. The highest BCUT2D eigenvalue weighted by Gasteiger charge is 2.31. The Hall–Kier alpha value is -2.72. The molecule has 1 N–H and O–H groups in total. The molecule has 0 unspecified atom stereocenters. The second-order valence-corrected chi connectivity index (χ2v) is 11.2. The molecule has 0 fully saturated rings. The van der Waals surface area contributed by atoms with Crippen LogP contribution in [-0.4, -0.2) is 57.8 Å². The topological polar surface area (TPSA) is 79.0 Å². The van der Waals surface area contributed by atoms with E-state index in [1.165, 1.54) is 37.7 Å². The third kappa shape index (κ3) is 4.81. The van der Waals surface area contributed by atoms with Crippen molar-refractivity contribution >= 4 is 33.0 Å². The number of nitrogens with zero attached hydrogens (tertiary/aromatic N) is 2. The molecule has 9 heteroatoms. The summed E-state index contributed by atoms with van der Waals surface area (Å²) in [6.07, 6.45) is 0.900. The van der Waals surface area contributed by atoms with Crippen LogP contribution in [0.5, 0.6) is 5.75 Å². The van der Waals surface area contributed by atoms with E-state index in [0.717, 1.165) is 22.8 Å². The summed E-state index contributed by atoms with van der Waals surface area (Å²) >= 11 is 1.76. The monoisotopic (exact) mass is 485 g/mol. The molecule has 1 aliphatic heterocycles. The van der Waals surface area contributed by atoms with Crippen molar-refractivity contribution < 1.29 is 17.9 Å². The number of anilines is 1. The van der Waals surface area contributed by atoms with Gasteiger partial charge in [-0.15, -0.1) is 11.3 Å². The lowest BCUT2D eigenvalue weighted by Gasteiger charge is -2.35. The second-order valence-electron chi connectivity index (χ2n) is 8.03. The number of hydrogen-bond acceptors (Lipinski definition) is 6. The Morgan fingerprint density at radius 3 is 2.64 bits per heavy atom. The van der Waals surface area contributed by atoms with Gasteiger partial charge in [0, 0.05) is 31.2 Å². The largest absolute Gasteiger partial charge is 0.495 e. The molecule has 33 heavy (non-hydrogen) atoms. The minimum absolute atomic E-state index is 0.00694. The highest BCUT2D eigenvalue weighted by atomic mass is 32.2. The summed E-state index contributed by atoms with van der Waals surface area (Å²) in [5, 5.41) is 4.97. The number of benzene rings is 2. The van der Waals surface area contributed by atoms with Crippen LogP contribution in [0.15, 0.2) is 64.9 Å². The summed E-state index contributed by atoms with van der Waals surface area (Å²) in [7, 11) is 0.603. The molecule has 3 aromatic rings. The van der Waals surface area contributed by atoms with Crippen molar-refractivity contribution in [3.63, 3.8) is 0 Å². The van der Waals surface area contributed by atoms with Gasteiger partial charge in [-0.1, -0.05) is 30.3 Å². The van der Waals surface area contributed by atoms with Gasteiger partial charge in [-0.05, 0) is 47.2 Å². The van der Waals surface area contributed by atoms with Gasteiger partial charge in [-0.2, -0.15) is 0 Å². The van der Waals surface area contributed by atoms with Crippen LogP contribution in [0.1, 0.15) is 22.0 Å². The molecule has 174 valence electrons. The van der Waals surface area contributed by atoms with Crippen LogP contribution in [-0.2, 0) is 21.2 Å². The van der Waals surface area contributed by atoms with Gasteiger partial charge in [0.2, 0.25) is 15.9 Å². The molecule has 0 saturated carbocycles. The van der Waals surface area contributed by atoms with E-state index in [4.69, 9.17) is 4.74 Å². The summed E-state index contributed by atoms with van der Waals surface area (Å²) in [6.45, 7) is 0.958. The van der Waals surface area contributed by atoms with Gasteiger partial charge in [0.05, 0.1) is 19.7 Å². The fourth-order valence-electron chi connectivity index (χ4n) is 4.10. The number of ether oxygens (including phenoxy) is 1. The van der Waals surface area contributed by atoms with E-state index in [9.17, 15) is 13.2 Å². The highest BCUT2D eigenvalue weighted by Crippen LogP contribution is 2.37. The summed E-state index contributed by atoms with van der Waals surface area (Å²) in [6, 6.07) is 17.0. The molecule has 2 heterocycles. The predicted octanol–water partition coefficient (Wildman–Crippen LogP) is 3.59. The molecule has 0 aliphatic carbocycles. The molecule has 0 spiro atoms. The van der Waals surface area contributed by atoms with E-state index in [1.54, 1.807) is 23.5 Å². The van der Waals surface area contributed by atoms with E-state index >= 15 is 0 Å². The standard InChI is InChI=1S/C24H27N3O4S2/c1-26(2)33(29,30)22-15-18(9-10-20(22)31-3)25-23(28)16-27-13-11-21-19(12-14-32-21)24(27)17-7-5-4-6-8-17/h4-10,12,14-15,24H,11,13,16H2,1-3H3,(H,25,28)/t24-/m0/s1. The van der Waals surface area contributed by atoms with Crippen LogP contribution in [0.4, 0.5) is 5.69 Å². The minimum Gasteiger partial charge on any atom is -0.495 e. The Morgan fingerprint density at radius 1 is 1.18 bits per heavy atom. The zero-order chi connectivity index (χ0) is 23.6. The quantitative estimate of drug-likeness (QED) is 0.553. The normalized spacial score (nSPS) is 16.4. The SMILES string of the molecule is COc1ccc(NC(=O)CN2CCc3sccc3[C@@H]2c2ccccc2)cc1S(=O)(=O)N(C)C. The first-order chi connectivity index (χ1) is 15.8. The first kappa shape index (κ1) is 23.4. The maximum Gasteiger partial charge on any atom is 0.246 e. The second kappa shape index (κ2) is 9.64. The zero-order valence-corrected chi connectivity index (χ0v) is 20.4. The molecule has 1 aliphatic rings. The first-order valence-corrected chi connectivity index (χ1v) is 12.9. The maximum atomic E-state index is 13.0. The van der Waals surface area contributed by atoms with Crippen LogP contribution in [0.3, 0.4) is 0 Å². The van der Waals surface area contributed by atoms with Crippen LogP contribution in [0.2, 0.25) is 0 Å². The number of amides is 1. The molecule has 1 aromatic heterocycles. The number of fused-ring (bicyclic) bond motifs is 1. The first-order valence-electron chi connectivity index (χ1n) is 10.6. The van der Waals surface area contributed by atoms with Gasteiger partial charge >= 0.3 is 0 Å². The van der Waals surface area contributed by atoms with Crippen molar-refractivity contribution in [2.75, 3.05) is 39.6 Å². The average Bonchev–Trinajstić information content (AvgIpc) is 3.28. The summed E-state index contributed by atoms with van der Waals surface area (Å²) in [5.41, 5.74) is 2.80. The van der Waals surface area contributed by atoms with E-state index in [2.05, 4.69) is 33.8 Å². The number of nitrogens with one attached hydrogen (secondary N) is 1. The molecule has 0 saturated heterocycles. The van der Waals surface area contributed by atoms with Crippen LogP contribution in [0.25, 0.3) is 0 Å².